The van der Waals surface area contributed by atoms with Gasteiger partial charge in [0.2, 0.25) is 5.54 Å². The van der Waals surface area contributed by atoms with Gasteiger partial charge in [0.25, 0.3) is 0 Å². The highest BCUT2D eigenvalue weighted by molar-refractivity contribution is 6.30. The number of esters is 1. The zero-order valence-corrected chi connectivity index (χ0v) is 13.5. The van der Waals surface area contributed by atoms with Gasteiger partial charge in [-0.05, 0) is 48.5 Å². The number of nitrogens with zero attached hydrogens (tertiary/aromatic N) is 1. The Bertz CT molecular complexity index is 856. The van der Waals surface area contributed by atoms with E-state index in [2.05, 4.69) is 5.32 Å². The van der Waals surface area contributed by atoms with Crippen LogP contribution in [0, 0.1) is 11.3 Å². The first-order chi connectivity index (χ1) is 11.6. The lowest BCUT2D eigenvalue weighted by atomic mass is 9.94. The standard InChI is InChI=1S/C18H13ClN2O3/c1-23-15-6-7-16-12(10-15)8-9-18(11-20,21-16)17(22)24-14-4-2-13(19)3-5-14/h2-10,21H,1H3. The molecule has 0 bridgehead atoms. The van der Waals surface area contributed by atoms with Crippen molar-refractivity contribution in [2.45, 2.75) is 5.54 Å². The highest BCUT2D eigenvalue weighted by atomic mass is 35.5. The molecule has 0 aliphatic carbocycles. The van der Waals surface area contributed by atoms with Crippen LogP contribution in [0.25, 0.3) is 6.08 Å². The van der Waals surface area contributed by atoms with Gasteiger partial charge in [0, 0.05) is 16.3 Å². The van der Waals surface area contributed by atoms with Crippen molar-refractivity contribution in [3.63, 3.8) is 0 Å². The van der Waals surface area contributed by atoms with Crippen molar-refractivity contribution in [3.8, 4) is 17.6 Å². The molecule has 0 amide bonds. The maximum Gasteiger partial charge on any atom is 0.356 e. The molecular formula is C18H13ClN2O3. The number of fused-ring (bicyclic) bond motifs is 1. The molecule has 2 aromatic rings. The van der Waals surface area contributed by atoms with E-state index >= 15 is 0 Å². The Morgan fingerprint density at radius 2 is 1.92 bits per heavy atom. The molecule has 120 valence electrons. The molecule has 0 spiro atoms. The van der Waals surface area contributed by atoms with Crippen molar-refractivity contribution < 1.29 is 14.3 Å². The molecule has 0 fully saturated rings. The van der Waals surface area contributed by atoms with E-state index in [9.17, 15) is 10.1 Å². The number of halogens is 1. The largest absolute Gasteiger partial charge is 0.497 e. The Morgan fingerprint density at radius 3 is 2.58 bits per heavy atom. The Hall–Kier alpha value is -2.97. The Kier molecular flexibility index (Phi) is 4.15. The van der Waals surface area contributed by atoms with E-state index in [0.29, 0.717) is 22.2 Å². The Morgan fingerprint density at radius 1 is 1.21 bits per heavy atom. The van der Waals surface area contributed by atoms with Crippen LogP contribution in [0.5, 0.6) is 11.5 Å². The second-order valence-corrected chi connectivity index (χ2v) is 5.61. The minimum absolute atomic E-state index is 0.315. The molecule has 0 saturated heterocycles. The normalized spacial score (nSPS) is 18.0. The summed E-state index contributed by atoms with van der Waals surface area (Å²) in [5, 5.41) is 13.0. The summed E-state index contributed by atoms with van der Waals surface area (Å²) in [6, 6.07) is 13.6. The van der Waals surface area contributed by atoms with Crippen LogP contribution in [-0.4, -0.2) is 18.6 Å². The van der Waals surface area contributed by atoms with Crippen LogP contribution in [0.2, 0.25) is 5.02 Å². The fourth-order valence-corrected chi connectivity index (χ4v) is 2.43. The van der Waals surface area contributed by atoms with Gasteiger partial charge in [-0.1, -0.05) is 17.7 Å². The van der Waals surface area contributed by atoms with Crippen molar-refractivity contribution >= 4 is 29.3 Å². The number of benzene rings is 2. The summed E-state index contributed by atoms with van der Waals surface area (Å²) in [5.41, 5.74) is -0.131. The number of anilines is 1. The molecule has 3 rings (SSSR count). The topological polar surface area (TPSA) is 71.3 Å². The number of nitrogens with one attached hydrogen (secondary N) is 1. The summed E-state index contributed by atoms with van der Waals surface area (Å²) >= 11 is 5.81. The van der Waals surface area contributed by atoms with E-state index in [1.54, 1.807) is 49.6 Å². The molecule has 2 aromatic carbocycles. The third kappa shape index (κ3) is 2.92. The maximum absolute atomic E-state index is 12.5. The lowest BCUT2D eigenvalue weighted by Gasteiger charge is -2.28. The van der Waals surface area contributed by atoms with Gasteiger partial charge in [-0.2, -0.15) is 5.26 Å². The van der Waals surface area contributed by atoms with Crippen LogP contribution < -0.4 is 14.8 Å². The van der Waals surface area contributed by atoms with Crippen molar-refractivity contribution in [2.75, 3.05) is 12.4 Å². The average Bonchev–Trinajstić information content (AvgIpc) is 2.62. The number of nitriles is 1. The third-order valence-corrected chi connectivity index (χ3v) is 3.88. The molecule has 1 atom stereocenters. The van der Waals surface area contributed by atoms with Gasteiger partial charge < -0.3 is 14.8 Å². The zero-order valence-electron chi connectivity index (χ0n) is 12.7. The van der Waals surface area contributed by atoms with Gasteiger partial charge in [-0.3, -0.25) is 0 Å². The first kappa shape index (κ1) is 15.9. The van der Waals surface area contributed by atoms with Crippen LogP contribution in [0.4, 0.5) is 5.69 Å². The minimum Gasteiger partial charge on any atom is -0.497 e. The third-order valence-electron chi connectivity index (χ3n) is 3.63. The predicted octanol–water partition coefficient (Wildman–Crippen LogP) is 3.66. The van der Waals surface area contributed by atoms with E-state index in [0.717, 1.165) is 5.56 Å². The lowest BCUT2D eigenvalue weighted by Crippen LogP contribution is -2.47. The van der Waals surface area contributed by atoms with Crippen LogP contribution in [0.1, 0.15) is 5.56 Å². The smallest absolute Gasteiger partial charge is 0.356 e. The second-order valence-electron chi connectivity index (χ2n) is 5.17. The van der Waals surface area contributed by atoms with Gasteiger partial charge >= 0.3 is 5.97 Å². The first-order valence-electron chi connectivity index (χ1n) is 7.11. The quantitative estimate of drug-likeness (QED) is 0.682. The summed E-state index contributed by atoms with van der Waals surface area (Å²) in [7, 11) is 1.57. The van der Waals surface area contributed by atoms with Crippen LogP contribution >= 0.6 is 11.6 Å². The van der Waals surface area contributed by atoms with Gasteiger partial charge in [-0.25, -0.2) is 4.79 Å². The number of methoxy groups -OCH3 is 1. The average molecular weight is 341 g/mol. The van der Waals surface area contributed by atoms with E-state index in [-0.39, 0.29) is 0 Å². The van der Waals surface area contributed by atoms with Crippen LogP contribution in [-0.2, 0) is 4.79 Å². The number of carbonyl (C=O) groups is 1. The summed E-state index contributed by atoms with van der Waals surface area (Å²) in [4.78, 5) is 12.5. The molecule has 24 heavy (non-hydrogen) atoms. The minimum atomic E-state index is -1.60. The fourth-order valence-electron chi connectivity index (χ4n) is 2.31. The Balaban J connectivity index is 1.87. The van der Waals surface area contributed by atoms with Crippen LogP contribution in [0.3, 0.4) is 0 Å². The highest BCUT2D eigenvalue weighted by Crippen LogP contribution is 2.32. The van der Waals surface area contributed by atoms with Gasteiger partial charge in [0.1, 0.15) is 17.6 Å². The molecule has 5 nitrogen and oxygen atoms in total. The van der Waals surface area contributed by atoms with E-state index < -0.39 is 11.5 Å². The number of hydrogen-bond acceptors (Lipinski definition) is 5. The SMILES string of the molecule is COc1ccc2c(c1)C=CC(C#N)(C(=O)Oc1ccc(Cl)cc1)N2. The number of rotatable bonds is 3. The monoisotopic (exact) mass is 340 g/mol. The fraction of sp³-hybridized carbons (Fsp3) is 0.111. The molecule has 1 aliphatic rings. The summed E-state index contributed by atoms with van der Waals surface area (Å²) in [6.45, 7) is 0. The molecule has 6 heteroatoms. The lowest BCUT2D eigenvalue weighted by molar-refractivity contribution is -0.136. The van der Waals surface area contributed by atoms with Gasteiger partial charge in [-0.15, -0.1) is 0 Å². The molecular weight excluding hydrogens is 328 g/mol. The van der Waals surface area contributed by atoms with Crippen molar-refractivity contribution in [1.82, 2.24) is 0 Å². The second kappa shape index (κ2) is 6.26. The van der Waals surface area contributed by atoms with E-state index in [1.165, 1.54) is 6.08 Å². The maximum atomic E-state index is 12.5. The first-order valence-corrected chi connectivity index (χ1v) is 7.49. The zero-order chi connectivity index (χ0) is 17.2. The van der Waals surface area contributed by atoms with E-state index in [1.807, 2.05) is 12.1 Å². The molecule has 1 unspecified atom stereocenters. The molecule has 1 heterocycles. The van der Waals surface area contributed by atoms with E-state index in [4.69, 9.17) is 21.1 Å². The molecule has 1 aliphatic heterocycles. The number of carbonyl (C=O) groups excluding carboxylic acids is 1. The molecule has 1 N–H and O–H groups in total. The summed E-state index contributed by atoms with van der Waals surface area (Å²) < 4.78 is 10.5. The van der Waals surface area contributed by atoms with Crippen molar-refractivity contribution in [1.29, 1.82) is 5.26 Å². The summed E-state index contributed by atoms with van der Waals surface area (Å²) in [6.07, 6.45) is 3.17. The number of ether oxygens (including phenoxy) is 2. The van der Waals surface area contributed by atoms with Gasteiger partial charge in [0.05, 0.1) is 7.11 Å². The van der Waals surface area contributed by atoms with Crippen molar-refractivity contribution in [3.05, 3.63) is 59.1 Å². The van der Waals surface area contributed by atoms with Crippen LogP contribution in [0.15, 0.2) is 48.5 Å². The summed E-state index contributed by atoms with van der Waals surface area (Å²) in [5.74, 6) is 0.285. The Labute approximate surface area is 144 Å². The molecule has 0 aromatic heterocycles. The van der Waals surface area contributed by atoms with Gasteiger partial charge in [0.15, 0.2) is 0 Å². The highest BCUT2D eigenvalue weighted by Gasteiger charge is 2.40. The molecule has 0 radical (unpaired) electrons. The molecule has 0 saturated carbocycles. The van der Waals surface area contributed by atoms with Crippen molar-refractivity contribution in [2.24, 2.45) is 0 Å². The number of hydrogen-bond donors (Lipinski definition) is 1. The predicted molar refractivity (Wildman–Crippen MR) is 91.1 cm³/mol.